The highest BCUT2D eigenvalue weighted by Crippen LogP contribution is 2.38. The lowest BCUT2D eigenvalue weighted by molar-refractivity contribution is -0.120. The van der Waals surface area contributed by atoms with Crippen LogP contribution < -0.4 is 5.32 Å². The van der Waals surface area contributed by atoms with Gasteiger partial charge in [0.25, 0.3) is 0 Å². The normalized spacial score (nSPS) is 26.4. The van der Waals surface area contributed by atoms with Crippen LogP contribution in [0.4, 0.5) is 5.82 Å². The molecule has 1 amide bonds. The molecule has 2 fully saturated rings. The van der Waals surface area contributed by atoms with E-state index in [1.807, 2.05) is 0 Å². The number of carbonyl (C=O) groups excluding carboxylic acids is 1. The molecule has 0 bridgehead atoms. The molecule has 132 valence electrons. The first-order valence-electron chi connectivity index (χ1n) is 8.73. The van der Waals surface area contributed by atoms with Gasteiger partial charge in [0, 0.05) is 23.0 Å². The van der Waals surface area contributed by atoms with Crippen molar-refractivity contribution in [3.05, 3.63) is 11.3 Å². The molecule has 0 aromatic carbocycles. The molecule has 1 aliphatic carbocycles. The molecule has 4 rings (SSSR count). The number of sulfone groups is 1. The van der Waals surface area contributed by atoms with Gasteiger partial charge in [0.2, 0.25) is 5.91 Å². The highest BCUT2D eigenvalue weighted by atomic mass is 32.2. The molecule has 1 saturated heterocycles. The predicted molar refractivity (Wildman–Crippen MR) is 94.7 cm³/mol. The summed E-state index contributed by atoms with van der Waals surface area (Å²) in [6.07, 6.45) is 5.94. The summed E-state index contributed by atoms with van der Waals surface area (Å²) in [5.41, 5.74) is 2.09. The molecule has 2 aliphatic heterocycles. The first-order valence-corrected chi connectivity index (χ1v) is 11.7. The van der Waals surface area contributed by atoms with Crippen LogP contribution in [0.25, 0.3) is 0 Å². The van der Waals surface area contributed by atoms with Crippen molar-refractivity contribution >= 4 is 33.3 Å². The summed E-state index contributed by atoms with van der Waals surface area (Å²) in [5.74, 6) is 2.95. The Balaban J connectivity index is 1.60. The summed E-state index contributed by atoms with van der Waals surface area (Å²) < 4.78 is 25.5. The van der Waals surface area contributed by atoms with Crippen LogP contribution in [0.3, 0.4) is 0 Å². The maximum atomic E-state index is 12.7. The molecular weight excluding hydrogens is 346 g/mol. The van der Waals surface area contributed by atoms with Gasteiger partial charge in [-0.3, -0.25) is 4.79 Å². The lowest BCUT2D eigenvalue weighted by atomic mass is 9.88. The van der Waals surface area contributed by atoms with Crippen molar-refractivity contribution in [1.29, 1.82) is 0 Å². The van der Waals surface area contributed by atoms with Crippen molar-refractivity contribution in [2.45, 2.75) is 56.1 Å². The number of carbonyl (C=O) groups is 1. The van der Waals surface area contributed by atoms with Gasteiger partial charge in [-0.05, 0) is 19.3 Å². The maximum Gasteiger partial charge on any atom is 0.228 e. The van der Waals surface area contributed by atoms with E-state index in [-0.39, 0.29) is 29.4 Å². The molecule has 0 spiro atoms. The molecular formula is C16H23N3O3S2. The number of thioether (sulfide) groups is 1. The standard InChI is InChI=1S/C16H23N3O3S2/c20-16(11-4-2-1-3-5-11)17-15-13-8-23-9-14(13)18-19(15)12-6-7-24(21,22)10-12/h11-12H,1-10H2,(H,17,20). The van der Waals surface area contributed by atoms with Gasteiger partial charge < -0.3 is 5.32 Å². The van der Waals surface area contributed by atoms with E-state index in [1.54, 1.807) is 16.4 Å². The Bertz CT molecular complexity index is 751. The van der Waals surface area contributed by atoms with Gasteiger partial charge in [0.1, 0.15) is 5.82 Å². The van der Waals surface area contributed by atoms with Crippen LogP contribution in [0, 0.1) is 5.92 Å². The third-order valence-electron chi connectivity index (χ3n) is 5.35. The first-order chi connectivity index (χ1) is 11.5. The fourth-order valence-corrected chi connectivity index (χ4v) is 6.71. The number of nitrogens with one attached hydrogen (secondary N) is 1. The molecule has 3 aliphatic rings. The third-order valence-corrected chi connectivity index (χ3v) is 8.07. The van der Waals surface area contributed by atoms with E-state index in [4.69, 9.17) is 0 Å². The third kappa shape index (κ3) is 3.10. The maximum absolute atomic E-state index is 12.7. The zero-order valence-corrected chi connectivity index (χ0v) is 15.3. The largest absolute Gasteiger partial charge is 0.310 e. The van der Waals surface area contributed by atoms with E-state index in [0.29, 0.717) is 6.42 Å². The predicted octanol–water partition coefficient (Wildman–Crippen LogP) is 2.51. The molecule has 1 atom stereocenters. The lowest BCUT2D eigenvalue weighted by Crippen LogP contribution is -2.27. The van der Waals surface area contributed by atoms with Crippen LogP contribution in [0.2, 0.25) is 0 Å². The number of hydrogen-bond acceptors (Lipinski definition) is 5. The Morgan fingerprint density at radius 3 is 2.67 bits per heavy atom. The zero-order chi connectivity index (χ0) is 16.7. The second-order valence-electron chi connectivity index (χ2n) is 7.09. The molecule has 3 heterocycles. The topological polar surface area (TPSA) is 81.1 Å². The van der Waals surface area contributed by atoms with Gasteiger partial charge >= 0.3 is 0 Å². The molecule has 1 N–H and O–H groups in total. The Morgan fingerprint density at radius 2 is 1.96 bits per heavy atom. The molecule has 1 aromatic heterocycles. The van der Waals surface area contributed by atoms with Gasteiger partial charge in [0.05, 0.1) is 23.2 Å². The van der Waals surface area contributed by atoms with Crippen LogP contribution in [-0.4, -0.2) is 35.6 Å². The number of hydrogen-bond donors (Lipinski definition) is 1. The van der Waals surface area contributed by atoms with Crippen LogP contribution in [0.15, 0.2) is 0 Å². The van der Waals surface area contributed by atoms with E-state index in [9.17, 15) is 13.2 Å². The molecule has 8 heteroatoms. The minimum Gasteiger partial charge on any atom is -0.310 e. The molecule has 1 aromatic rings. The van der Waals surface area contributed by atoms with Crippen LogP contribution in [0.5, 0.6) is 0 Å². The Morgan fingerprint density at radius 1 is 1.17 bits per heavy atom. The van der Waals surface area contributed by atoms with Gasteiger partial charge in [-0.25, -0.2) is 13.1 Å². The molecule has 1 unspecified atom stereocenters. The van der Waals surface area contributed by atoms with Crippen LogP contribution in [0.1, 0.15) is 55.8 Å². The number of fused-ring (bicyclic) bond motifs is 1. The molecule has 0 radical (unpaired) electrons. The first kappa shape index (κ1) is 16.4. The van der Waals surface area contributed by atoms with Gasteiger partial charge in [-0.2, -0.15) is 16.9 Å². The summed E-state index contributed by atoms with van der Waals surface area (Å²) in [6.45, 7) is 0. The summed E-state index contributed by atoms with van der Waals surface area (Å²) in [5, 5.41) is 7.77. The average molecular weight is 370 g/mol. The van der Waals surface area contributed by atoms with E-state index in [1.165, 1.54) is 6.42 Å². The van der Waals surface area contributed by atoms with Gasteiger partial charge in [-0.15, -0.1) is 0 Å². The summed E-state index contributed by atoms with van der Waals surface area (Å²) in [6, 6.07) is -0.146. The number of nitrogens with zero attached hydrogens (tertiary/aromatic N) is 2. The van der Waals surface area contributed by atoms with Gasteiger partial charge in [-0.1, -0.05) is 19.3 Å². The smallest absolute Gasteiger partial charge is 0.228 e. The quantitative estimate of drug-likeness (QED) is 0.885. The van der Waals surface area contributed by atoms with E-state index >= 15 is 0 Å². The summed E-state index contributed by atoms with van der Waals surface area (Å²) >= 11 is 1.79. The van der Waals surface area contributed by atoms with E-state index in [2.05, 4.69) is 10.4 Å². The van der Waals surface area contributed by atoms with Crippen molar-refractivity contribution in [2.24, 2.45) is 5.92 Å². The SMILES string of the molecule is O=C(Nc1c2c(nn1C1CCS(=O)(=O)C1)CSC2)C1CCCCC1. The number of anilines is 1. The highest BCUT2D eigenvalue weighted by molar-refractivity contribution is 7.98. The van der Waals surface area contributed by atoms with Crippen molar-refractivity contribution in [2.75, 3.05) is 16.8 Å². The van der Waals surface area contributed by atoms with Crippen LogP contribution in [-0.2, 0) is 26.1 Å². The minimum absolute atomic E-state index is 0.0800. The van der Waals surface area contributed by atoms with Gasteiger partial charge in [0.15, 0.2) is 9.84 Å². The van der Waals surface area contributed by atoms with E-state index in [0.717, 1.165) is 54.3 Å². The monoisotopic (exact) mass is 369 g/mol. The number of amides is 1. The van der Waals surface area contributed by atoms with Crippen LogP contribution >= 0.6 is 11.8 Å². The molecule has 1 saturated carbocycles. The van der Waals surface area contributed by atoms with Crippen molar-refractivity contribution in [1.82, 2.24) is 9.78 Å². The zero-order valence-electron chi connectivity index (χ0n) is 13.7. The molecule has 24 heavy (non-hydrogen) atoms. The molecule has 6 nitrogen and oxygen atoms in total. The lowest BCUT2D eigenvalue weighted by Gasteiger charge is -2.22. The fraction of sp³-hybridized carbons (Fsp3) is 0.750. The average Bonchev–Trinajstić information content (AvgIpc) is 3.24. The fourth-order valence-electron chi connectivity index (χ4n) is 3.98. The van der Waals surface area contributed by atoms with Crippen molar-refractivity contribution in [3.63, 3.8) is 0 Å². The number of aromatic nitrogens is 2. The Kier molecular flexibility index (Phi) is 4.36. The number of rotatable bonds is 3. The summed E-state index contributed by atoms with van der Waals surface area (Å²) in [4.78, 5) is 12.7. The summed E-state index contributed by atoms with van der Waals surface area (Å²) in [7, 11) is -2.98. The van der Waals surface area contributed by atoms with Crippen molar-refractivity contribution < 1.29 is 13.2 Å². The van der Waals surface area contributed by atoms with Crippen molar-refractivity contribution in [3.8, 4) is 0 Å². The second-order valence-corrected chi connectivity index (χ2v) is 10.3. The van der Waals surface area contributed by atoms with E-state index < -0.39 is 9.84 Å². The minimum atomic E-state index is -2.98. The Hall–Kier alpha value is -1.02. The second kappa shape index (κ2) is 6.37. The Labute approximate surface area is 146 Å². The highest BCUT2D eigenvalue weighted by Gasteiger charge is 2.35.